The zero-order valence-electron chi connectivity index (χ0n) is 11.9. The fourth-order valence-corrected chi connectivity index (χ4v) is 3.06. The van der Waals surface area contributed by atoms with Crippen LogP contribution in [-0.4, -0.2) is 6.54 Å². The van der Waals surface area contributed by atoms with Crippen LogP contribution in [0.2, 0.25) is 0 Å². The van der Waals surface area contributed by atoms with E-state index >= 15 is 0 Å². The van der Waals surface area contributed by atoms with Crippen molar-refractivity contribution in [2.45, 2.75) is 36.0 Å². The summed E-state index contributed by atoms with van der Waals surface area (Å²) in [6, 6.07) is 13.7. The molecule has 0 amide bonds. The lowest BCUT2D eigenvalue weighted by Crippen LogP contribution is -2.05. The van der Waals surface area contributed by atoms with E-state index in [1.807, 2.05) is 6.07 Å². The molecule has 20 heavy (non-hydrogen) atoms. The molecule has 0 aliphatic rings. The summed E-state index contributed by atoms with van der Waals surface area (Å²) in [6.45, 7) is 4.81. The van der Waals surface area contributed by atoms with E-state index in [2.05, 4.69) is 38.1 Å². The van der Waals surface area contributed by atoms with Gasteiger partial charge < -0.3 is 5.73 Å². The second kappa shape index (κ2) is 6.91. The molecule has 0 saturated heterocycles. The average Bonchev–Trinajstić information content (AvgIpc) is 2.43. The fourth-order valence-electron chi connectivity index (χ4n) is 2.07. The number of rotatable bonds is 5. The monoisotopic (exact) mass is 289 g/mol. The Morgan fingerprint density at radius 2 is 1.80 bits per heavy atom. The van der Waals surface area contributed by atoms with Gasteiger partial charge in [-0.3, -0.25) is 0 Å². The Morgan fingerprint density at radius 3 is 2.40 bits per heavy atom. The van der Waals surface area contributed by atoms with Gasteiger partial charge in [0.1, 0.15) is 5.82 Å². The molecular weight excluding hydrogens is 269 g/mol. The highest BCUT2D eigenvalue weighted by Crippen LogP contribution is 2.32. The van der Waals surface area contributed by atoms with Gasteiger partial charge in [0.05, 0.1) is 0 Å². The summed E-state index contributed by atoms with van der Waals surface area (Å²) in [5.41, 5.74) is 7.60. The summed E-state index contributed by atoms with van der Waals surface area (Å²) in [4.78, 5) is 2.08. The van der Waals surface area contributed by atoms with Crippen molar-refractivity contribution in [1.82, 2.24) is 0 Å². The minimum atomic E-state index is -0.167. The Hall–Kier alpha value is -1.32. The van der Waals surface area contributed by atoms with Gasteiger partial charge >= 0.3 is 0 Å². The van der Waals surface area contributed by atoms with Crippen LogP contribution in [0.5, 0.6) is 0 Å². The zero-order valence-corrected chi connectivity index (χ0v) is 12.7. The van der Waals surface area contributed by atoms with Gasteiger partial charge in [-0.1, -0.05) is 43.8 Å². The molecule has 1 nitrogen and oxygen atoms in total. The third-order valence-corrected chi connectivity index (χ3v) is 4.36. The molecule has 0 aliphatic carbocycles. The van der Waals surface area contributed by atoms with Crippen molar-refractivity contribution in [2.24, 2.45) is 5.73 Å². The van der Waals surface area contributed by atoms with Crippen LogP contribution >= 0.6 is 11.8 Å². The quantitative estimate of drug-likeness (QED) is 0.870. The highest BCUT2D eigenvalue weighted by molar-refractivity contribution is 7.99. The summed E-state index contributed by atoms with van der Waals surface area (Å²) in [5, 5.41) is 0. The van der Waals surface area contributed by atoms with Crippen LogP contribution < -0.4 is 5.73 Å². The van der Waals surface area contributed by atoms with Crippen molar-refractivity contribution >= 4 is 11.8 Å². The van der Waals surface area contributed by atoms with E-state index in [4.69, 9.17) is 5.73 Å². The lowest BCUT2D eigenvalue weighted by Gasteiger charge is -2.10. The number of halogens is 1. The second-order valence-electron chi connectivity index (χ2n) is 5.08. The largest absolute Gasteiger partial charge is 0.330 e. The number of hydrogen-bond donors (Lipinski definition) is 1. The molecule has 0 radical (unpaired) electrons. The number of nitrogens with two attached hydrogens (primary N) is 1. The van der Waals surface area contributed by atoms with Crippen molar-refractivity contribution in [3.05, 3.63) is 59.4 Å². The Kier molecular flexibility index (Phi) is 5.21. The standard InChI is InChI=1S/C17H20FNS/c1-12(2)13-6-8-14(9-7-13)20-17-5-3-4-16(18)15(17)10-11-19/h3-9,12H,10-11,19H2,1-2H3. The smallest absolute Gasteiger partial charge is 0.127 e. The molecule has 0 bridgehead atoms. The first-order valence-corrected chi connectivity index (χ1v) is 7.68. The number of hydrogen-bond acceptors (Lipinski definition) is 2. The predicted molar refractivity (Wildman–Crippen MR) is 83.8 cm³/mol. The maximum absolute atomic E-state index is 13.8. The summed E-state index contributed by atoms with van der Waals surface area (Å²) in [6.07, 6.45) is 0.569. The van der Waals surface area contributed by atoms with Crippen LogP contribution in [0.1, 0.15) is 30.9 Å². The van der Waals surface area contributed by atoms with Crippen LogP contribution in [0.4, 0.5) is 4.39 Å². The highest BCUT2D eigenvalue weighted by atomic mass is 32.2. The third-order valence-electron chi connectivity index (χ3n) is 3.24. The van der Waals surface area contributed by atoms with Gasteiger partial charge in [-0.25, -0.2) is 4.39 Å². The van der Waals surface area contributed by atoms with Gasteiger partial charge in [0.2, 0.25) is 0 Å². The summed E-state index contributed by atoms with van der Waals surface area (Å²) >= 11 is 1.59. The van der Waals surface area contributed by atoms with E-state index in [1.54, 1.807) is 17.8 Å². The van der Waals surface area contributed by atoms with Crippen molar-refractivity contribution in [3.8, 4) is 0 Å². The van der Waals surface area contributed by atoms with Gasteiger partial charge in [0, 0.05) is 15.4 Å². The van der Waals surface area contributed by atoms with Gasteiger partial charge in [0.15, 0.2) is 0 Å². The van der Waals surface area contributed by atoms with Crippen molar-refractivity contribution in [2.75, 3.05) is 6.54 Å². The second-order valence-corrected chi connectivity index (χ2v) is 6.20. The molecule has 0 saturated carbocycles. The van der Waals surface area contributed by atoms with Gasteiger partial charge in [-0.15, -0.1) is 0 Å². The Labute approximate surface area is 124 Å². The Morgan fingerprint density at radius 1 is 1.10 bits per heavy atom. The zero-order chi connectivity index (χ0) is 14.5. The van der Waals surface area contributed by atoms with Crippen LogP contribution in [-0.2, 0) is 6.42 Å². The van der Waals surface area contributed by atoms with E-state index in [0.717, 1.165) is 9.79 Å². The molecule has 106 valence electrons. The minimum Gasteiger partial charge on any atom is -0.330 e. The first-order valence-electron chi connectivity index (χ1n) is 6.87. The molecule has 0 aromatic heterocycles. The maximum atomic E-state index is 13.8. The van der Waals surface area contributed by atoms with Crippen molar-refractivity contribution < 1.29 is 4.39 Å². The summed E-state index contributed by atoms with van der Waals surface area (Å²) in [7, 11) is 0. The lowest BCUT2D eigenvalue weighted by atomic mass is 10.0. The fraction of sp³-hybridized carbons (Fsp3) is 0.294. The SMILES string of the molecule is CC(C)c1ccc(Sc2cccc(F)c2CCN)cc1. The molecule has 2 aromatic rings. The van der Waals surface area contributed by atoms with E-state index in [1.165, 1.54) is 11.6 Å². The predicted octanol–water partition coefficient (Wildman–Crippen LogP) is 4.60. The molecule has 2 rings (SSSR count). The third kappa shape index (κ3) is 3.62. The molecular formula is C17H20FNS. The molecule has 0 atom stereocenters. The Bertz CT molecular complexity index is 564. The molecule has 3 heteroatoms. The summed E-state index contributed by atoms with van der Waals surface area (Å²) in [5.74, 6) is 0.357. The van der Waals surface area contributed by atoms with Crippen molar-refractivity contribution in [1.29, 1.82) is 0 Å². The molecule has 0 aliphatic heterocycles. The first kappa shape index (κ1) is 15.1. The van der Waals surface area contributed by atoms with Crippen LogP contribution in [0.3, 0.4) is 0 Å². The van der Waals surface area contributed by atoms with Crippen LogP contribution in [0.15, 0.2) is 52.3 Å². The number of benzene rings is 2. The topological polar surface area (TPSA) is 26.0 Å². The van der Waals surface area contributed by atoms with E-state index in [9.17, 15) is 4.39 Å². The molecule has 0 spiro atoms. The highest BCUT2D eigenvalue weighted by Gasteiger charge is 2.09. The first-order chi connectivity index (χ1) is 9.61. The van der Waals surface area contributed by atoms with Gasteiger partial charge in [0.25, 0.3) is 0 Å². The Balaban J connectivity index is 2.23. The molecule has 2 aromatic carbocycles. The van der Waals surface area contributed by atoms with E-state index < -0.39 is 0 Å². The van der Waals surface area contributed by atoms with Crippen LogP contribution in [0, 0.1) is 5.82 Å². The molecule has 2 N–H and O–H groups in total. The average molecular weight is 289 g/mol. The van der Waals surface area contributed by atoms with E-state index in [0.29, 0.717) is 24.4 Å². The normalized spacial score (nSPS) is 11.1. The van der Waals surface area contributed by atoms with Crippen molar-refractivity contribution in [3.63, 3.8) is 0 Å². The van der Waals surface area contributed by atoms with Gasteiger partial charge in [-0.2, -0.15) is 0 Å². The molecule has 0 unspecified atom stereocenters. The minimum absolute atomic E-state index is 0.167. The van der Waals surface area contributed by atoms with E-state index in [-0.39, 0.29) is 5.82 Å². The van der Waals surface area contributed by atoms with Crippen LogP contribution in [0.25, 0.3) is 0 Å². The summed E-state index contributed by atoms with van der Waals surface area (Å²) < 4.78 is 13.8. The maximum Gasteiger partial charge on any atom is 0.127 e. The lowest BCUT2D eigenvalue weighted by molar-refractivity contribution is 0.603. The van der Waals surface area contributed by atoms with Gasteiger partial charge in [-0.05, 0) is 48.7 Å². The molecule has 0 heterocycles. The molecule has 0 fully saturated rings.